The predicted molar refractivity (Wildman–Crippen MR) is 104 cm³/mol. The molecule has 0 saturated carbocycles. The van der Waals surface area contributed by atoms with Gasteiger partial charge >= 0.3 is 0 Å². The van der Waals surface area contributed by atoms with Crippen LogP contribution in [0.4, 0.5) is 15.8 Å². The maximum absolute atomic E-state index is 13.9. The number of piperazine rings is 1. The van der Waals surface area contributed by atoms with Gasteiger partial charge in [-0.3, -0.25) is 4.79 Å². The van der Waals surface area contributed by atoms with Gasteiger partial charge in [0.15, 0.2) is 0 Å². The zero-order chi connectivity index (χ0) is 18.5. The molecule has 1 aliphatic heterocycles. The summed E-state index contributed by atoms with van der Waals surface area (Å²) < 4.78 is 13.9. The molecular weight excluding hydrogens is 329 g/mol. The van der Waals surface area contributed by atoms with Gasteiger partial charge in [0.1, 0.15) is 5.82 Å². The van der Waals surface area contributed by atoms with E-state index in [4.69, 9.17) is 0 Å². The molecule has 2 aromatic rings. The monoisotopic (exact) mass is 355 g/mol. The molecule has 0 aromatic heterocycles. The minimum absolute atomic E-state index is 0.150. The van der Waals surface area contributed by atoms with Crippen LogP contribution >= 0.6 is 0 Å². The molecule has 0 atom stereocenters. The van der Waals surface area contributed by atoms with Crippen molar-refractivity contribution in [1.29, 1.82) is 0 Å². The van der Waals surface area contributed by atoms with Crippen LogP contribution in [0.3, 0.4) is 0 Å². The van der Waals surface area contributed by atoms with Crippen LogP contribution in [-0.4, -0.2) is 43.5 Å². The highest BCUT2D eigenvalue weighted by Crippen LogP contribution is 2.21. The van der Waals surface area contributed by atoms with Gasteiger partial charge in [-0.05, 0) is 37.1 Å². The topological polar surface area (TPSA) is 35.6 Å². The number of halogens is 1. The van der Waals surface area contributed by atoms with Crippen molar-refractivity contribution >= 4 is 17.3 Å². The van der Waals surface area contributed by atoms with Crippen LogP contribution in [0.5, 0.6) is 0 Å². The first kappa shape index (κ1) is 18.2. The van der Waals surface area contributed by atoms with E-state index in [1.54, 1.807) is 12.1 Å². The molecule has 1 aliphatic rings. The summed E-state index contributed by atoms with van der Waals surface area (Å²) in [7, 11) is 0. The van der Waals surface area contributed by atoms with Gasteiger partial charge in [-0.2, -0.15) is 0 Å². The van der Waals surface area contributed by atoms with E-state index < -0.39 is 0 Å². The number of nitrogens with one attached hydrogen (secondary N) is 1. The highest BCUT2D eigenvalue weighted by Gasteiger charge is 2.22. The summed E-state index contributed by atoms with van der Waals surface area (Å²) >= 11 is 0. The third-order valence-corrected chi connectivity index (χ3v) is 4.95. The summed E-state index contributed by atoms with van der Waals surface area (Å²) in [6.07, 6.45) is 0.466. The van der Waals surface area contributed by atoms with E-state index in [-0.39, 0.29) is 11.7 Å². The number of hydrogen-bond acceptors (Lipinski definition) is 3. The predicted octanol–water partition coefficient (Wildman–Crippen LogP) is 3.59. The van der Waals surface area contributed by atoms with Crippen LogP contribution in [-0.2, 0) is 4.79 Å². The molecule has 0 bridgehead atoms. The van der Waals surface area contributed by atoms with E-state index in [1.165, 1.54) is 17.2 Å². The molecule has 26 heavy (non-hydrogen) atoms. The lowest BCUT2D eigenvalue weighted by Gasteiger charge is -2.36. The Bertz CT molecular complexity index is 749. The van der Waals surface area contributed by atoms with Crippen molar-refractivity contribution in [3.05, 3.63) is 59.4 Å². The maximum atomic E-state index is 13.9. The smallest absolute Gasteiger partial charge is 0.224 e. The van der Waals surface area contributed by atoms with Gasteiger partial charge in [0.05, 0.1) is 5.69 Å². The van der Waals surface area contributed by atoms with E-state index in [1.807, 2.05) is 21.9 Å². The fraction of sp³-hybridized carbons (Fsp3) is 0.381. The molecule has 0 aliphatic carbocycles. The van der Waals surface area contributed by atoms with E-state index in [2.05, 4.69) is 31.3 Å². The van der Waals surface area contributed by atoms with Gasteiger partial charge in [0.25, 0.3) is 0 Å². The summed E-state index contributed by atoms with van der Waals surface area (Å²) in [6.45, 7) is 7.36. The van der Waals surface area contributed by atoms with Crippen molar-refractivity contribution in [2.75, 3.05) is 42.9 Å². The summed E-state index contributed by atoms with van der Waals surface area (Å²) in [5.41, 5.74) is 4.12. The van der Waals surface area contributed by atoms with Crippen molar-refractivity contribution in [2.24, 2.45) is 0 Å². The van der Waals surface area contributed by atoms with Gasteiger partial charge in [0, 0.05) is 44.8 Å². The van der Waals surface area contributed by atoms with Crippen LogP contribution in [0.15, 0.2) is 42.5 Å². The van der Waals surface area contributed by atoms with Crippen molar-refractivity contribution in [1.82, 2.24) is 4.90 Å². The molecule has 1 heterocycles. The number of benzene rings is 2. The number of para-hydroxylation sites is 2. The van der Waals surface area contributed by atoms with Crippen molar-refractivity contribution in [2.45, 2.75) is 20.3 Å². The average Bonchev–Trinajstić information content (AvgIpc) is 2.64. The number of carbonyl (C=O) groups excluding carboxylic acids is 1. The SMILES string of the molecule is Cc1cccc(C)c1NCCC(=O)N1CCN(c2ccccc2F)CC1. The van der Waals surface area contributed by atoms with Gasteiger partial charge < -0.3 is 15.1 Å². The molecule has 0 unspecified atom stereocenters. The average molecular weight is 355 g/mol. The van der Waals surface area contributed by atoms with Crippen LogP contribution < -0.4 is 10.2 Å². The lowest BCUT2D eigenvalue weighted by atomic mass is 10.1. The molecule has 5 heteroatoms. The van der Waals surface area contributed by atoms with Gasteiger partial charge in [-0.15, -0.1) is 0 Å². The fourth-order valence-corrected chi connectivity index (χ4v) is 3.45. The standard InChI is InChI=1S/C21H26FN3O/c1-16-6-5-7-17(2)21(16)23-11-10-20(26)25-14-12-24(13-15-25)19-9-4-3-8-18(19)22/h3-9,23H,10-15H2,1-2H3. The molecule has 1 amide bonds. The first-order valence-corrected chi connectivity index (χ1v) is 9.13. The number of amides is 1. The molecule has 3 rings (SSSR count). The van der Waals surface area contributed by atoms with E-state index >= 15 is 0 Å². The van der Waals surface area contributed by atoms with Crippen molar-refractivity contribution in [3.63, 3.8) is 0 Å². The van der Waals surface area contributed by atoms with Gasteiger partial charge in [0.2, 0.25) is 5.91 Å². The number of nitrogens with zero attached hydrogens (tertiary/aromatic N) is 2. The minimum Gasteiger partial charge on any atom is -0.384 e. The van der Waals surface area contributed by atoms with Crippen LogP contribution in [0.1, 0.15) is 17.5 Å². The Morgan fingerprint density at radius 1 is 1.00 bits per heavy atom. The van der Waals surface area contributed by atoms with E-state index in [0.29, 0.717) is 44.8 Å². The number of anilines is 2. The molecule has 0 spiro atoms. The Labute approximate surface area is 154 Å². The third kappa shape index (κ3) is 4.15. The Morgan fingerprint density at radius 2 is 1.65 bits per heavy atom. The summed E-state index contributed by atoms with van der Waals surface area (Å²) in [4.78, 5) is 16.3. The Balaban J connectivity index is 1.47. The fourth-order valence-electron chi connectivity index (χ4n) is 3.45. The van der Waals surface area contributed by atoms with Crippen molar-refractivity contribution in [3.8, 4) is 0 Å². The number of rotatable bonds is 5. The summed E-state index contributed by atoms with van der Waals surface area (Å²) in [5.74, 6) is -0.0537. The zero-order valence-corrected chi connectivity index (χ0v) is 15.5. The second kappa shape index (κ2) is 8.21. The van der Waals surface area contributed by atoms with Crippen molar-refractivity contribution < 1.29 is 9.18 Å². The number of hydrogen-bond donors (Lipinski definition) is 1. The van der Waals surface area contributed by atoms with Gasteiger partial charge in [-0.1, -0.05) is 30.3 Å². The van der Waals surface area contributed by atoms with Crippen LogP contribution in [0.25, 0.3) is 0 Å². The molecule has 1 saturated heterocycles. The Hall–Kier alpha value is -2.56. The normalized spacial score (nSPS) is 14.4. The summed E-state index contributed by atoms with van der Waals surface area (Å²) in [6, 6.07) is 13.0. The maximum Gasteiger partial charge on any atom is 0.224 e. The third-order valence-electron chi connectivity index (χ3n) is 4.95. The summed E-state index contributed by atoms with van der Waals surface area (Å²) in [5, 5.41) is 3.39. The second-order valence-corrected chi connectivity index (χ2v) is 6.76. The molecule has 138 valence electrons. The van der Waals surface area contributed by atoms with Gasteiger partial charge in [-0.25, -0.2) is 4.39 Å². The molecule has 1 N–H and O–H groups in total. The highest BCUT2D eigenvalue weighted by atomic mass is 19.1. The lowest BCUT2D eigenvalue weighted by Crippen LogP contribution is -2.49. The molecular formula is C21H26FN3O. The Kier molecular flexibility index (Phi) is 5.76. The zero-order valence-electron chi connectivity index (χ0n) is 15.5. The second-order valence-electron chi connectivity index (χ2n) is 6.76. The first-order chi connectivity index (χ1) is 12.6. The number of aryl methyl sites for hydroxylation is 2. The van der Waals surface area contributed by atoms with Crippen LogP contribution in [0.2, 0.25) is 0 Å². The molecule has 0 radical (unpaired) electrons. The van der Waals surface area contributed by atoms with E-state index in [9.17, 15) is 9.18 Å². The molecule has 1 fully saturated rings. The molecule has 4 nitrogen and oxygen atoms in total. The minimum atomic E-state index is -0.204. The Morgan fingerprint density at radius 3 is 2.31 bits per heavy atom. The first-order valence-electron chi connectivity index (χ1n) is 9.13. The van der Waals surface area contributed by atoms with E-state index in [0.717, 1.165) is 5.69 Å². The molecule has 2 aromatic carbocycles. The lowest BCUT2D eigenvalue weighted by molar-refractivity contribution is -0.131. The largest absolute Gasteiger partial charge is 0.384 e. The highest BCUT2D eigenvalue weighted by molar-refractivity contribution is 5.77. The quantitative estimate of drug-likeness (QED) is 0.890. The number of carbonyl (C=O) groups is 1. The van der Waals surface area contributed by atoms with Crippen LogP contribution in [0, 0.1) is 19.7 Å².